The summed E-state index contributed by atoms with van der Waals surface area (Å²) >= 11 is 0. The first-order valence-electron chi connectivity index (χ1n) is 9.86. The summed E-state index contributed by atoms with van der Waals surface area (Å²) in [5.74, 6) is 0.0349. The molecule has 0 aliphatic heterocycles. The molecule has 1 aromatic carbocycles. The molecule has 3 aromatic heterocycles. The zero-order valence-electron chi connectivity index (χ0n) is 17.7. The van der Waals surface area contributed by atoms with Gasteiger partial charge in [-0.25, -0.2) is 4.52 Å². The van der Waals surface area contributed by atoms with E-state index in [-0.39, 0.29) is 18.2 Å². The molecule has 0 bridgehead atoms. The van der Waals surface area contributed by atoms with Crippen molar-refractivity contribution in [3.8, 4) is 22.6 Å². The molecular formula is C23H19F3N4O3. The number of benzene rings is 1. The molecule has 33 heavy (non-hydrogen) atoms. The highest BCUT2D eigenvalue weighted by atomic mass is 19.4. The molecule has 0 aliphatic rings. The van der Waals surface area contributed by atoms with Crippen molar-refractivity contribution >= 4 is 11.4 Å². The normalized spacial score (nSPS) is 11.4. The molecule has 0 saturated carbocycles. The Hall–Kier alpha value is -4.08. The number of halogens is 3. The second-order valence-corrected chi connectivity index (χ2v) is 7.15. The molecule has 0 radical (unpaired) electrons. The summed E-state index contributed by atoms with van der Waals surface area (Å²) < 4.78 is 47.6. The van der Waals surface area contributed by atoms with Crippen LogP contribution in [0.3, 0.4) is 0 Å². The predicted molar refractivity (Wildman–Crippen MR) is 114 cm³/mol. The van der Waals surface area contributed by atoms with Gasteiger partial charge in [0.25, 0.3) is 5.91 Å². The standard InChI is InChI=1S/C23H19F3N4O3/c1-14-21(20-11-19(32-2)9-10-30(20)29-14)22(31)28-13-17-6-3-16(12-27-17)15-4-7-18(8-5-15)33-23(24,25)26/h3-12H,13H2,1-2H3,(H,28,31). The second kappa shape index (κ2) is 8.81. The van der Waals surface area contributed by atoms with Gasteiger partial charge in [-0.1, -0.05) is 18.2 Å². The van der Waals surface area contributed by atoms with E-state index in [1.807, 2.05) is 0 Å². The molecule has 1 amide bonds. The monoisotopic (exact) mass is 456 g/mol. The highest BCUT2D eigenvalue weighted by Gasteiger charge is 2.31. The Kier molecular flexibility index (Phi) is 5.91. The SMILES string of the molecule is COc1ccn2nc(C)c(C(=O)NCc3ccc(-c4ccc(OC(F)(F)F)cc4)cn3)c2c1. The number of carbonyl (C=O) groups excluding carboxylic acids is 1. The lowest BCUT2D eigenvalue weighted by Gasteiger charge is -2.09. The minimum atomic E-state index is -4.73. The van der Waals surface area contributed by atoms with Crippen molar-refractivity contribution in [1.29, 1.82) is 0 Å². The molecule has 0 fully saturated rings. The van der Waals surface area contributed by atoms with Crippen LogP contribution in [0.1, 0.15) is 21.7 Å². The van der Waals surface area contributed by atoms with Crippen LogP contribution in [-0.4, -0.2) is 34.0 Å². The van der Waals surface area contributed by atoms with Crippen LogP contribution in [0.25, 0.3) is 16.6 Å². The van der Waals surface area contributed by atoms with Gasteiger partial charge in [-0.05, 0) is 36.8 Å². The number of nitrogens with one attached hydrogen (secondary N) is 1. The number of rotatable bonds is 6. The summed E-state index contributed by atoms with van der Waals surface area (Å²) in [6, 6.07) is 12.5. The van der Waals surface area contributed by atoms with Crippen molar-refractivity contribution < 1.29 is 27.4 Å². The van der Waals surface area contributed by atoms with Crippen LogP contribution in [-0.2, 0) is 6.54 Å². The van der Waals surface area contributed by atoms with E-state index in [1.54, 1.807) is 55.2 Å². The zero-order valence-corrected chi connectivity index (χ0v) is 17.7. The minimum absolute atomic E-state index is 0.193. The zero-order chi connectivity index (χ0) is 23.6. The molecule has 1 N–H and O–H groups in total. The summed E-state index contributed by atoms with van der Waals surface area (Å²) in [5, 5.41) is 7.19. The maximum Gasteiger partial charge on any atom is 0.573 e. The number of aromatic nitrogens is 3. The molecule has 0 aliphatic carbocycles. The Morgan fingerprint density at radius 1 is 1.06 bits per heavy atom. The summed E-state index contributed by atoms with van der Waals surface area (Å²) in [7, 11) is 1.55. The van der Waals surface area contributed by atoms with Crippen molar-refractivity contribution in [3.05, 3.63) is 77.9 Å². The Balaban J connectivity index is 1.43. The average Bonchev–Trinajstić information content (AvgIpc) is 3.12. The van der Waals surface area contributed by atoms with E-state index in [1.165, 1.54) is 24.3 Å². The number of nitrogens with zero attached hydrogens (tertiary/aromatic N) is 3. The van der Waals surface area contributed by atoms with Crippen LogP contribution < -0.4 is 14.8 Å². The van der Waals surface area contributed by atoms with E-state index >= 15 is 0 Å². The third kappa shape index (κ3) is 5.05. The molecule has 3 heterocycles. The highest BCUT2D eigenvalue weighted by Crippen LogP contribution is 2.26. The summed E-state index contributed by atoms with van der Waals surface area (Å²) in [6.07, 6.45) is -1.42. The fourth-order valence-corrected chi connectivity index (χ4v) is 3.36. The molecule has 4 rings (SSSR count). The Morgan fingerprint density at radius 2 is 1.79 bits per heavy atom. The van der Waals surface area contributed by atoms with Crippen LogP contribution >= 0.6 is 0 Å². The Bertz CT molecular complexity index is 1280. The third-order valence-corrected chi connectivity index (χ3v) is 4.92. The Morgan fingerprint density at radius 3 is 2.42 bits per heavy atom. The van der Waals surface area contributed by atoms with Gasteiger partial charge in [0.2, 0.25) is 0 Å². The first kappa shape index (κ1) is 22.1. The van der Waals surface area contributed by atoms with Crippen molar-refractivity contribution in [3.63, 3.8) is 0 Å². The fourth-order valence-electron chi connectivity index (χ4n) is 3.36. The molecule has 170 valence electrons. The van der Waals surface area contributed by atoms with Gasteiger partial charge in [0.05, 0.1) is 36.1 Å². The Labute approximate surface area is 186 Å². The van der Waals surface area contributed by atoms with E-state index < -0.39 is 6.36 Å². The van der Waals surface area contributed by atoms with E-state index in [0.29, 0.717) is 39.3 Å². The lowest BCUT2D eigenvalue weighted by atomic mass is 10.1. The van der Waals surface area contributed by atoms with Crippen LogP contribution in [0.2, 0.25) is 0 Å². The van der Waals surface area contributed by atoms with Gasteiger partial charge in [0.15, 0.2) is 0 Å². The number of fused-ring (bicyclic) bond motifs is 1. The topological polar surface area (TPSA) is 77.8 Å². The van der Waals surface area contributed by atoms with Gasteiger partial charge in [0, 0.05) is 24.0 Å². The van der Waals surface area contributed by atoms with Crippen molar-refractivity contribution in [2.75, 3.05) is 7.11 Å². The van der Waals surface area contributed by atoms with Gasteiger partial charge in [-0.15, -0.1) is 13.2 Å². The third-order valence-electron chi connectivity index (χ3n) is 4.92. The van der Waals surface area contributed by atoms with E-state index in [2.05, 4.69) is 20.1 Å². The van der Waals surface area contributed by atoms with E-state index in [4.69, 9.17) is 4.74 Å². The molecule has 0 saturated heterocycles. The van der Waals surface area contributed by atoms with Gasteiger partial charge in [0.1, 0.15) is 11.5 Å². The number of hydrogen-bond acceptors (Lipinski definition) is 5. The van der Waals surface area contributed by atoms with Crippen molar-refractivity contribution in [2.24, 2.45) is 0 Å². The van der Waals surface area contributed by atoms with Crippen LogP contribution in [0.5, 0.6) is 11.5 Å². The molecule has 0 atom stereocenters. The maximum atomic E-state index is 12.8. The first-order chi connectivity index (χ1) is 15.7. The van der Waals surface area contributed by atoms with Gasteiger partial charge in [-0.2, -0.15) is 5.10 Å². The average molecular weight is 456 g/mol. The molecular weight excluding hydrogens is 437 g/mol. The highest BCUT2D eigenvalue weighted by molar-refractivity contribution is 6.02. The lowest BCUT2D eigenvalue weighted by Crippen LogP contribution is -2.23. The van der Waals surface area contributed by atoms with Crippen molar-refractivity contribution in [1.82, 2.24) is 19.9 Å². The minimum Gasteiger partial charge on any atom is -0.497 e. The lowest BCUT2D eigenvalue weighted by molar-refractivity contribution is -0.274. The number of carbonyl (C=O) groups is 1. The molecule has 4 aromatic rings. The quantitative estimate of drug-likeness (QED) is 0.461. The van der Waals surface area contributed by atoms with Crippen LogP contribution in [0.15, 0.2) is 60.9 Å². The summed E-state index contributed by atoms with van der Waals surface area (Å²) in [6.45, 7) is 1.95. The van der Waals surface area contributed by atoms with Crippen LogP contribution in [0.4, 0.5) is 13.2 Å². The predicted octanol–water partition coefficient (Wildman–Crippen LogP) is 4.54. The second-order valence-electron chi connectivity index (χ2n) is 7.15. The van der Waals surface area contributed by atoms with Gasteiger partial charge < -0.3 is 14.8 Å². The number of amides is 1. The van der Waals surface area contributed by atoms with Crippen LogP contribution in [0, 0.1) is 6.92 Å². The molecule has 7 nitrogen and oxygen atoms in total. The van der Waals surface area contributed by atoms with E-state index in [9.17, 15) is 18.0 Å². The first-order valence-corrected chi connectivity index (χ1v) is 9.86. The summed E-state index contributed by atoms with van der Waals surface area (Å²) in [5.41, 5.74) is 3.69. The smallest absolute Gasteiger partial charge is 0.497 e. The number of alkyl halides is 3. The maximum absolute atomic E-state index is 12.8. The van der Waals surface area contributed by atoms with Gasteiger partial charge in [-0.3, -0.25) is 9.78 Å². The molecule has 0 spiro atoms. The number of hydrogen-bond donors (Lipinski definition) is 1. The molecule has 0 unspecified atom stereocenters. The number of methoxy groups -OCH3 is 1. The van der Waals surface area contributed by atoms with Gasteiger partial charge >= 0.3 is 6.36 Å². The largest absolute Gasteiger partial charge is 0.573 e. The number of ether oxygens (including phenoxy) is 2. The van der Waals surface area contributed by atoms with Crippen molar-refractivity contribution in [2.45, 2.75) is 19.8 Å². The number of aryl methyl sites for hydroxylation is 1. The van der Waals surface area contributed by atoms with E-state index in [0.717, 1.165) is 0 Å². The molecule has 10 heteroatoms. The number of pyridine rings is 2. The summed E-state index contributed by atoms with van der Waals surface area (Å²) in [4.78, 5) is 17.1. The fraction of sp³-hybridized carbons (Fsp3) is 0.174.